The summed E-state index contributed by atoms with van der Waals surface area (Å²) in [6.07, 6.45) is -1.29. The van der Waals surface area contributed by atoms with Gasteiger partial charge in [0.1, 0.15) is 5.75 Å². The van der Waals surface area contributed by atoms with E-state index in [9.17, 15) is 19.2 Å². The van der Waals surface area contributed by atoms with E-state index in [0.717, 1.165) is 5.56 Å². The fourth-order valence-corrected chi connectivity index (χ4v) is 3.49. The topological polar surface area (TPSA) is 123 Å². The highest BCUT2D eigenvalue weighted by atomic mass is 16.5. The van der Waals surface area contributed by atoms with E-state index in [1.165, 1.54) is 39.2 Å². The summed E-state index contributed by atoms with van der Waals surface area (Å²) < 4.78 is 11.0. The molecule has 0 fully saturated rings. The largest absolute Gasteiger partial charge is 0.495 e. The molecule has 0 aliphatic carbocycles. The van der Waals surface area contributed by atoms with Gasteiger partial charge >= 0.3 is 5.97 Å². The maximum absolute atomic E-state index is 13.3. The molecule has 3 aromatic rings. The molecule has 3 amide bonds. The minimum absolute atomic E-state index is 0.0341. The van der Waals surface area contributed by atoms with Crippen LogP contribution in [0, 0.1) is 6.92 Å². The molecule has 3 aromatic carbocycles. The second kappa shape index (κ2) is 11.7. The van der Waals surface area contributed by atoms with Crippen molar-refractivity contribution in [3.8, 4) is 5.75 Å². The lowest BCUT2D eigenvalue weighted by atomic mass is 10.1. The van der Waals surface area contributed by atoms with Crippen LogP contribution in [0.25, 0.3) is 0 Å². The monoisotopic (exact) mass is 489 g/mol. The minimum Gasteiger partial charge on any atom is -0.495 e. The average Bonchev–Trinajstić information content (AvgIpc) is 2.82. The fraction of sp³-hybridized carbons (Fsp3) is 0.185. The molecular weight excluding hydrogens is 462 g/mol. The van der Waals surface area contributed by atoms with Gasteiger partial charge in [-0.15, -0.1) is 0 Å². The van der Waals surface area contributed by atoms with Gasteiger partial charge in [0.15, 0.2) is 0 Å². The highest BCUT2D eigenvalue weighted by molar-refractivity contribution is 6.01. The lowest BCUT2D eigenvalue weighted by Gasteiger charge is -2.20. The predicted molar refractivity (Wildman–Crippen MR) is 136 cm³/mol. The summed E-state index contributed by atoms with van der Waals surface area (Å²) in [6.45, 7) is 4.51. The number of hydrogen-bond acceptors (Lipinski definition) is 6. The molecule has 0 saturated carbocycles. The number of carbonyl (C=O) groups excluding carboxylic acids is 4. The molecule has 0 aliphatic heterocycles. The van der Waals surface area contributed by atoms with Crippen LogP contribution >= 0.6 is 0 Å². The maximum Gasteiger partial charge on any atom is 0.339 e. The molecule has 9 heteroatoms. The van der Waals surface area contributed by atoms with Crippen LogP contribution in [0.2, 0.25) is 0 Å². The average molecular weight is 490 g/mol. The molecule has 3 N–H and O–H groups in total. The Balaban J connectivity index is 1.94. The van der Waals surface area contributed by atoms with E-state index < -0.39 is 18.0 Å². The van der Waals surface area contributed by atoms with Crippen LogP contribution in [0.4, 0.5) is 17.1 Å². The van der Waals surface area contributed by atoms with Crippen LogP contribution in [-0.4, -0.2) is 30.8 Å². The first-order valence-electron chi connectivity index (χ1n) is 11.1. The summed E-state index contributed by atoms with van der Waals surface area (Å²) in [4.78, 5) is 49.6. The molecule has 1 atom stereocenters. The molecule has 9 nitrogen and oxygen atoms in total. The SMILES string of the molecule is COc1ccc(C)cc1NC(=O)C(OC(=O)c1cc(NC(C)=O)cc(NC(C)=O)c1)c1ccccc1. The number of aryl methyl sites for hydroxylation is 1. The van der Waals surface area contributed by atoms with Gasteiger partial charge in [0.25, 0.3) is 5.91 Å². The van der Waals surface area contributed by atoms with Crippen LogP contribution in [0.15, 0.2) is 66.7 Å². The standard InChI is InChI=1S/C27H27N3O6/c1-16-10-11-24(35-4)23(12-16)30-26(33)25(19-8-6-5-7-9-19)36-27(34)20-13-21(28-17(2)31)15-22(14-20)29-18(3)32/h5-15,25H,1-4H3,(H,28,31)(H,29,32)(H,30,33). The zero-order valence-electron chi connectivity index (χ0n) is 20.4. The Bertz CT molecular complexity index is 1260. The van der Waals surface area contributed by atoms with Crippen molar-refractivity contribution in [1.29, 1.82) is 0 Å². The van der Waals surface area contributed by atoms with E-state index in [0.29, 0.717) is 17.0 Å². The van der Waals surface area contributed by atoms with E-state index in [-0.39, 0.29) is 28.8 Å². The number of ether oxygens (including phenoxy) is 2. The number of methoxy groups -OCH3 is 1. The van der Waals surface area contributed by atoms with Crippen LogP contribution in [-0.2, 0) is 19.1 Å². The van der Waals surface area contributed by atoms with Gasteiger partial charge in [-0.25, -0.2) is 4.79 Å². The first kappa shape index (κ1) is 26.0. The van der Waals surface area contributed by atoms with Crippen molar-refractivity contribution in [2.24, 2.45) is 0 Å². The number of esters is 1. The number of amides is 3. The quantitative estimate of drug-likeness (QED) is 0.402. The van der Waals surface area contributed by atoms with Gasteiger partial charge in [0, 0.05) is 30.8 Å². The Morgan fingerprint density at radius 3 is 1.94 bits per heavy atom. The highest BCUT2D eigenvalue weighted by Crippen LogP contribution is 2.29. The molecule has 0 bridgehead atoms. The van der Waals surface area contributed by atoms with Crippen molar-refractivity contribution in [2.75, 3.05) is 23.1 Å². The maximum atomic E-state index is 13.3. The second-order valence-corrected chi connectivity index (χ2v) is 8.05. The molecule has 3 rings (SSSR count). The van der Waals surface area contributed by atoms with E-state index in [4.69, 9.17) is 9.47 Å². The van der Waals surface area contributed by atoms with Gasteiger partial charge in [-0.3, -0.25) is 14.4 Å². The molecule has 0 heterocycles. The summed E-state index contributed by atoms with van der Waals surface area (Å²) in [5, 5.41) is 7.94. The highest BCUT2D eigenvalue weighted by Gasteiger charge is 2.27. The molecule has 186 valence electrons. The molecule has 0 saturated heterocycles. The van der Waals surface area contributed by atoms with Crippen LogP contribution < -0.4 is 20.7 Å². The zero-order valence-corrected chi connectivity index (χ0v) is 20.4. The van der Waals surface area contributed by atoms with Crippen molar-refractivity contribution >= 4 is 40.8 Å². The molecule has 0 aromatic heterocycles. The summed E-state index contributed by atoms with van der Waals surface area (Å²) >= 11 is 0. The number of benzene rings is 3. The summed E-state index contributed by atoms with van der Waals surface area (Å²) in [5.74, 6) is -1.67. The van der Waals surface area contributed by atoms with Crippen LogP contribution in [0.5, 0.6) is 5.75 Å². The van der Waals surface area contributed by atoms with Crippen molar-refractivity contribution < 1.29 is 28.7 Å². The Morgan fingerprint density at radius 2 is 1.39 bits per heavy atom. The van der Waals surface area contributed by atoms with Crippen molar-refractivity contribution in [1.82, 2.24) is 0 Å². The molecule has 36 heavy (non-hydrogen) atoms. The first-order valence-corrected chi connectivity index (χ1v) is 11.1. The molecular formula is C27H27N3O6. The molecule has 1 unspecified atom stereocenters. The van der Waals surface area contributed by atoms with Crippen molar-refractivity contribution in [3.05, 3.63) is 83.4 Å². The Kier molecular flexibility index (Phi) is 8.40. The van der Waals surface area contributed by atoms with E-state index in [1.807, 2.05) is 13.0 Å². The Morgan fingerprint density at radius 1 is 0.778 bits per heavy atom. The van der Waals surface area contributed by atoms with Crippen LogP contribution in [0.3, 0.4) is 0 Å². The van der Waals surface area contributed by atoms with E-state index >= 15 is 0 Å². The van der Waals surface area contributed by atoms with Crippen molar-refractivity contribution in [2.45, 2.75) is 26.9 Å². The van der Waals surface area contributed by atoms with Gasteiger partial charge in [-0.2, -0.15) is 0 Å². The lowest BCUT2D eigenvalue weighted by molar-refractivity contribution is -0.125. The number of nitrogens with one attached hydrogen (secondary N) is 3. The van der Waals surface area contributed by atoms with Gasteiger partial charge in [0.2, 0.25) is 17.9 Å². The smallest absolute Gasteiger partial charge is 0.339 e. The van der Waals surface area contributed by atoms with Gasteiger partial charge in [-0.05, 0) is 42.8 Å². The van der Waals surface area contributed by atoms with Crippen LogP contribution in [0.1, 0.15) is 41.4 Å². The summed E-state index contributed by atoms with van der Waals surface area (Å²) in [6, 6.07) is 18.2. The van der Waals surface area contributed by atoms with Crippen molar-refractivity contribution in [3.63, 3.8) is 0 Å². The number of anilines is 3. The number of hydrogen-bond donors (Lipinski definition) is 3. The number of rotatable bonds is 8. The fourth-order valence-electron chi connectivity index (χ4n) is 3.49. The third-order valence-corrected chi connectivity index (χ3v) is 4.99. The third-order valence-electron chi connectivity index (χ3n) is 4.99. The zero-order chi connectivity index (χ0) is 26.2. The van der Waals surface area contributed by atoms with E-state index in [2.05, 4.69) is 16.0 Å². The summed E-state index contributed by atoms with van der Waals surface area (Å²) in [7, 11) is 1.49. The molecule has 0 aliphatic rings. The lowest BCUT2D eigenvalue weighted by Crippen LogP contribution is -2.26. The number of carbonyl (C=O) groups is 4. The second-order valence-electron chi connectivity index (χ2n) is 8.05. The normalized spacial score (nSPS) is 11.1. The molecule has 0 radical (unpaired) electrons. The Labute approximate surface area is 208 Å². The predicted octanol–water partition coefficient (Wildman–Crippen LogP) is 4.46. The first-order chi connectivity index (χ1) is 17.2. The van der Waals surface area contributed by atoms with E-state index in [1.54, 1.807) is 42.5 Å². The van der Waals surface area contributed by atoms with Gasteiger partial charge < -0.3 is 25.4 Å². The van der Waals surface area contributed by atoms with Gasteiger partial charge in [-0.1, -0.05) is 36.4 Å². The molecule has 0 spiro atoms. The minimum atomic E-state index is -1.29. The Hall–Kier alpha value is -4.66. The summed E-state index contributed by atoms with van der Waals surface area (Å²) in [5.41, 5.74) is 2.39. The van der Waals surface area contributed by atoms with Gasteiger partial charge in [0.05, 0.1) is 18.4 Å². The third kappa shape index (κ3) is 6.92.